The zero-order chi connectivity index (χ0) is 21.5. The van der Waals surface area contributed by atoms with E-state index in [-0.39, 0.29) is 11.8 Å². The fourth-order valence-electron chi connectivity index (χ4n) is 3.43. The number of methoxy groups -OCH3 is 1. The summed E-state index contributed by atoms with van der Waals surface area (Å²) in [6, 6.07) is 1.58. The van der Waals surface area contributed by atoms with Crippen molar-refractivity contribution in [3.8, 4) is 17.1 Å². The van der Waals surface area contributed by atoms with Crippen LogP contribution in [0.15, 0.2) is 30.9 Å². The minimum absolute atomic E-state index is 0.114. The van der Waals surface area contributed by atoms with Crippen LogP contribution in [0.5, 0.6) is 5.75 Å². The van der Waals surface area contributed by atoms with Gasteiger partial charge in [0.25, 0.3) is 0 Å². The van der Waals surface area contributed by atoms with Crippen LogP contribution >= 0.6 is 0 Å². The lowest BCUT2D eigenvalue weighted by molar-refractivity contribution is -0.259. The van der Waals surface area contributed by atoms with E-state index < -0.39 is 17.3 Å². The highest BCUT2D eigenvalue weighted by Gasteiger charge is 2.53. The molecule has 1 saturated heterocycles. The molecule has 3 aromatic heterocycles. The minimum atomic E-state index is -4.90. The average Bonchev–Trinajstić information content (AvgIpc) is 3.35. The third-order valence-corrected chi connectivity index (χ3v) is 5.21. The van der Waals surface area contributed by atoms with Crippen molar-refractivity contribution in [2.24, 2.45) is 0 Å². The molecule has 1 aliphatic rings. The van der Waals surface area contributed by atoms with Gasteiger partial charge in [0, 0.05) is 24.8 Å². The van der Waals surface area contributed by atoms with Gasteiger partial charge in [-0.15, -0.1) is 0 Å². The Labute approximate surface area is 170 Å². The summed E-state index contributed by atoms with van der Waals surface area (Å²) in [4.78, 5) is 13.0. The largest absolute Gasteiger partial charge is 0.496 e. The van der Waals surface area contributed by atoms with E-state index in [1.54, 1.807) is 6.20 Å². The lowest BCUT2D eigenvalue weighted by atomic mass is 9.96. The normalized spacial score (nSPS) is 19.1. The summed E-state index contributed by atoms with van der Waals surface area (Å²) in [6.45, 7) is 2.42. The maximum atomic E-state index is 13.5. The minimum Gasteiger partial charge on any atom is -0.496 e. The molecule has 8 nitrogen and oxygen atoms in total. The Bertz CT molecular complexity index is 1060. The van der Waals surface area contributed by atoms with Crippen molar-refractivity contribution in [1.29, 1.82) is 0 Å². The second kappa shape index (κ2) is 7.40. The van der Waals surface area contributed by atoms with Crippen LogP contribution in [-0.4, -0.2) is 56.9 Å². The van der Waals surface area contributed by atoms with Crippen LogP contribution in [0.4, 0.5) is 19.0 Å². The Morgan fingerprint density at radius 1 is 1.30 bits per heavy atom. The van der Waals surface area contributed by atoms with Gasteiger partial charge in [-0.1, -0.05) is 0 Å². The van der Waals surface area contributed by atoms with Crippen molar-refractivity contribution in [3.05, 3.63) is 36.4 Å². The third kappa shape index (κ3) is 3.54. The van der Waals surface area contributed by atoms with Crippen LogP contribution < -0.4 is 15.4 Å². The van der Waals surface area contributed by atoms with Gasteiger partial charge in [0.15, 0.2) is 5.60 Å². The number of fused-ring (bicyclic) bond motifs is 1. The Morgan fingerprint density at radius 2 is 2.10 bits per heavy atom. The van der Waals surface area contributed by atoms with Gasteiger partial charge in [-0.05, 0) is 19.9 Å². The van der Waals surface area contributed by atoms with E-state index in [1.807, 2.05) is 0 Å². The number of hydrogen-bond donors (Lipinski definition) is 3. The molecule has 0 amide bonds. The average molecular weight is 422 g/mol. The van der Waals surface area contributed by atoms with Crippen LogP contribution in [0.3, 0.4) is 0 Å². The fraction of sp³-hybridized carbons (Fsp3) is 0.421. The molecule has 11 heteroatoms. The first-order chi connectivity index (χ1) is 14.2. The van der Waals surface area contributed by atoms with E-state index in [4.69, 9.17) is 4.74 Å². The van der Waals surface area contributed by atoms with Gasteiger partial charge in [-0.3, -0.25) is 9.38 Å². The molecule has 3 N–H and O–H groups in total. The molecule has 3 aromatic rings. The van der Waals surface area contributed by atoms with E-state index in [9.17, 15) is 18.3 Å². The summed E-state index contributed by atoms with van der Waals surface area (Å²) in [5.41, 5.74) is -2.32. The Hall–Kier alpha value is -2.92. The first kappa shape index (κ1) is 20.4. The number of rotatable bonds is 5. The number of aromatic nitrogens is 4. The number of ether oxygens (including phenoxy) is 1. The number of imidazole rings is 1. The van der Waals surface area contributed by atoms with Crippen molar-refractivity contribution < 1.29 is 23.0 Å². The molecule has 2 atom stereocenters. The highest BCUT2D eigenvalue weighted by atomic mass is 19.4. The molecule has 0 saturated carbocycles. The SMILES string of the molecule is COc1cc2ncc(-c3cncc(NC4CCNC4)n3)n2cc1C(C)(O)C(F)(F)F. The van der Waals surface area contributed by atoms with Crippen LogP contribution in [0.2, 0.25) is 0 Å². The summed E-state index contributed by atoms with van der Waals surface area (Å²) in [6.07, 6.45) is 1.82. The lowest BCUT2D eigenvalue weighted by Gasteiger charge is -2.28. The number of anilines is 1. The Balaban J connectivity index is 1.78. The lowest BCUT2D eigenvalue weighted by Crippen LogP contribution is -2.39. The summed E-state index contributed by atoms with van der Waals surface area (Å²) >= 11 is 0. The molecule has 0 aliphatic carbocycles. The third-order valence-electron chi connectivity index (χ3n) is 5.21. The van der Waals surface area contributed by atoms with Crippen LogP contribution in [0.1, 0.15) is 18.9 Å². The van der Waals surface area contributed by atoms with Gasteiger partial charge in [0.1, 0.15) is 22.9 Å². The first-order valence-corrected chi connectivity index (χ1v) is 9.35. The highest BCUT2D eigenvalue weighted by Crippen LogP contribution is 2.43. The van der Waals surface area contributed by atoms with Gasteiger partial charge < -0.3 is 20.5 Å². The molecule has 2 unspecified atom stereocenters. The van der Waals surface area contributed by atoms with Gasteiger partial charge in [0.2, 0.25) is 0 Å². The summed E-state index contributed by atoms with van der Waals surface area (Å²) in [5.74, 6) is 0.449. The Kier molecular flexibility index (Phi) is 5.02. The molecule has 0 bridgehead atoms. The summed E-state index contributed by atoms with van der Waals surface area (Å²) < 4.78 is 46.9. The van der Waals surface area contributed by atoms with Crippen LogP contribution in [-0.2, 0) is 5.60 Å². The number of nitrogens with one attached hydrogen (secondary N) is 2. The number of alkyl halides is 3. The molecule has 30 heavy (non-hydrogen) atoms. The second-order valence-electron chi connectivity index (χ2n) is 7.32. The molecule has 1 aliphatic heterocycles. The number of nitrogens with zero attached hydrogens (tertiary/aromatic N) is 4. The standard InChI is InChI=1S/C19H21F3N6O2/c1-18(29,19(20,21)22)12-10-28-14(8-25-17(28)5-15(12)30-2)13-7-24-9-16(27-13)26-11-3-4-23-6-11/h5,7-11,23,29H,3-4,6H2,1-2H3,(H,26,27). The molecular formula is C19H21F3N6O2. The Morgan fingerprint density at radius 3 is 2.77 bits per heavy atom. The van der Waals surface area contributed by atoms with Crippen molar-refractivity contribution in [1.82, 2.24) is 24.7 Å². The summed E-state index contributed by atoms with van der Waals surface area (Å²) in [5, 5.41) is 16.8. The molecule has 1 fully saturated rings. The van der Waals surface area contributed by atoms with Crippen molar-refractivity contribution in [3.63, 3.8) is 0 Å². The topological polar surface area (TPSA) is 96.6 Å². The highest BCUT2D eigenvalue weighted by molar-refractivity contribution is 5.63. The van der Waals surface area contributed by atoms with Crippen molar-refractivity contribution in [2.75, 3.05) is 25.5 Å². The summed E-state index contributed by atoms with van der Waals surface area (Å²) in [7, 11) is 1.24. The van der Waals surface area contributed by atoms with E-state index >= 15 is 0 Å². The number of hydrogen-bond acceptors (Lipinski definition) is 7. The predicted octanol–water partition coefficient (Wildman–Crippen LogP) is 2.34. The molecule has 160 valence electrons. The number of halogens is 3. The van der Waals surface area contributed by atoms with Crippen molar-refractivity contribution >= 4 is 11.5 Å². The molecule has 0 spiro atoms. The van der Waals surface area contributed by atoms with E-state index in [0.717, 1.165) is 19.5 Å². The predicted molar refractivity (Wildman–Crippen MR) is 103 cm³/mol. The fourth-order valence-corrected chi connectivity index (χ4v) is 3.43. The van der Waals surface area contributed by atoms with Gasteiger partial charge in [0.05, 0.1) is 37.0 Å². The first-order valence-electron chi connectivity index (χ1n) is 9.35. The van der Waals surface area contributed by atoms with Gasteiger partial charge in [-0.2, -0.15) is 13.2 Å². The zero-order valence-corrected chi connectivity index (χ0v) is 16.4. The molecule has 0 aromatic carbocycles. The second-order valence-corrected chi connectivity index (χ2v) is 7.32. The van der Waals surface area contributed by atoms with Gasteiger partial charge in [-0.25, -0.2) is 9.97 Å². The van der Waals surface area contributed by atoms with Crippen LogP contribution in [0.25, 0.3) is 17.0 Å². The quantitative estimate of drug-likeness (QED) is 0.581. The molecule has 4 rings (SSSR count). The van der Waals surface area contributed by atoms with Crippen LogP contribution in [0, 0.1) is 0 Å². The van der Waals surface area contributed by atoms with Crippen molar-refractivity contribution in [2.45, 2.75) is 31.2 Å². The van der Waals surface area contributed by atoms with Gasteiger partial charge >= 0.3 is 6.18 Å². The number of aliphatic hydroxyl groups is 1. The smallest absolute Gasteiger partial charge is 0.421 e. The molecule has 4 heterocycles. The maximum absolute atomic E-state index is 13.5. The molecule has 0 radical (unpaired) electrons. The monoisotopic (exact) mass is 422 g/mol. The number of pyridine rings is 1. The molecular weight excluding hydrogens is 401 g/mol. The zero-order valence-electron chi connectivity index (χ0n) is 16.4. The van der Waals surface area contributed by atoms with E-state index in [1.165, 1.54) is 36.2 Å². The van der Waals surface area contributed by atoms with E-state index in [0.29, 0.717) is 29.8 Å². The maximum Gasteiger partial charge on any atom is 0.421 e. The van der Waals surface area contributed by atoms with E-state index in [2.05, 4.69) is 25.6 Å².